The molecule has 1 saturated heterocycles. The van der Waals surface area contributed by atoms with Gasteiger partial charge in [0.1, 0.15) is 5.37 Å². The summed E-state index contributed by atoms with van der Waals surface area (Å²) >= 11 is 1.64. The maximum absolute atomic E-state index is 13.0. The van der Waals surface area contributed by atoms with Crippen molar-refractivity contribution in [2.45, 2.75) is 11.8 Å². The lowest BCUT2D eigenvalue weighted by atomic mass is 10.0. The average molecular weight is 479 g/mol. The molecule has 35 heavy (non-hydrogen) atoms. The zero-order valence-electron chi connectivity index (χ0n) is 19.3. The normalized spacial score (nSPS) is 15.3. The molecule has 0 radical (unpaired) electrons. The van der Waals surface area contributed by atoms with Gasteiger partial charge in [-0.05, 0) is 41.3 Å². The summed E-state index contributed by atoms with van der Waals surface area (Å²) in [5.41, 5.74) is 5.65. The van der Waals surface area contributed by atoms with Crippen molar-refractivity contribution in [1.82, 2.24) is 4.90 Å². The van der Waals surface area contributed by atoms with Gasteiger partial charge < -0.3 is 10.2 Å². The maximum Gasteiger partial charge on any atom is 0.255 e. The number of para-hydroxylation sites is 1. The number of carbonyl (C=O) groups excluding carboxylic acids is 2. The standard InChI is InChI=1S/C30H26N2O2S/c33-28-21-35-30(32(28)20-19-22-9-3-1-4-10-22)25-17-15-24(16-18-25)29(34)31-27-14-8-7-13-26(27)23-11-5-2-6-12-23/h1-18,30H,19-21H2,(H,31,34)/t30-/m0/s1. The highest BCUT2D eigenvalue weighted by Gasteiger charge is 2.32. The molecule has 5 rings (SSSR count). The quantitative estimate of drug-likeness (QED) is 0.333. The second kappa shape index (κ2) is 10.6. The lowest BCUT2D eigenvalue weighted by molar-refractivity contribution is -0.128. The van der Waals surface area contributed by atoms with Crippen molar-refractivity contribution in [2.24, 2.45) is 0 Å². The van der Waals surface area contributed by atoms with Crippen LogP contribution in [-0.2, 0) is 11.2 Å². The summed E-state index contributed by atoms with van der Waals surface area (Å²) in [6, 6.07) is 35.7. The molecule has 0 aromatic heterocycles. The van der Waals surface area contributed by atoms with Crippen molar-refractivity contribution in [3.8, 4) is 11.1 Å². The van der Waals surface area contributed by atoms with Crippen LogP contribution < -0.4 is 5.32 Å². The van der Waals surface area contributed by atoms with Gasteiger partial charge >= 0.3 is 0 Å². The van der Waals surface area contributed by atoms with E-state index in [1.165, 1.54) is 5.56 Å². The monoisotopic (exact) mass is 478 g/mol. The topological polar surface area (TPSA) is 49.4 Å². The first-order chi connectivity index (χ1) is 17.2. The van der Waals surface area contributed by atoms with E-state index in [4.69, 9.17) is 0 Å². The van der Waals surface area contributed by atoms with Crippen LogP contribution in [0.1, 0.15) is 26.9 Å². The van der Waals surface area contributed by atoms with E-state index < -0.39 is 0 Å². The number of nitrogens with zero attached hydrogens (tertiary/aromatic N) is 1. The molecule has 1 aliphatic heterocycles. The Balaban J connectivity index is 1.28. The third-order valence-electron chi connectivity index (χ3n) is 6.17. The van der Waals surface area contributed by atoms with Crippen molar-refractivity contribution in [3.05, 3.63) is 126 Å². The Morgan fingerprint density at radius 2 is 1.49 bits per heavy atom. The van der Waals surface area contributed by atoms with Crippen LogP contribution in [0.5, 0.6) is 0 Å². The number of thioether (sulfide) groups is 1. The number of hydrogen-bond donors (Lipinski definition) is 1. The fourth-order valence-corrected chi connectivity index (χ4v) is 5.54. The van der Waals surface area contributed by atoms with E-state index in [1.54, 1.807) is 11.8 Å². The van der Waals surface area contributed by atoms with E-state index in [9.17, 15) is 9.59 Å². The van der Waals surface area contributed by atoms with Crippen LogP contribution >= 0.6 is 11.8 Å². The van der Waals surface area contributed by atoms with Gasteiger partial charge in [-0.15, -0.1) is 11.8 Å². The van der Waals surface area contributed by atoms with Crippen molar-refractivity contribution in [3.63, 3.8) is 0 Å². The molecule has 174 valence electrons. The van der Waals surface area contributed by atoms with Gasteiger partial charge in [0.15, 0.2) is 0 Å². The summed E-state index contributed by atoms with van der Waals surface area (Å²) in [6.45, 7) is 0.680. The molecule has 0 unspecified atom stereocenters. The number of carbonyl (C=O) groups is 2. The molecule has 4 nitrogen and oxygen atoms in total. The third-order valence-corrected chi connectivity index (χ3v) is 7.43. The van der Waals surface area contributed by atoms with E-state index in [2.05, 4.69) is 17.4 Å². The molecule has 5 heteroatoms. The summed E-state index contributed by atoms with van der Waals surface area (Å²) in [7, 11) is 0. The van der Waals surface area contributed by atoms with E-state index in [0.717, 1.165) is 28.8 Å². The number of benzene rings is 4. The van der Waals surface area contributed by atoms with Crippen LogP contribution in [0.2, 0.25) is 0 Å². The maximum atomic E-state index is 13.0. The zero-order valence-corrected chi connectivity index (χ0v) is 20.1. The molecule has 4 aromatic carbocycles. The van der Waals surface area contributed by atoms with Crippen molar-refractivity contribution in [2.75, 3.05) is 17.6 Å². The molecule has 0 bridgehead atoms. The lowest BCUT2D eigenvalue weighted by Crippen LogP contribution is -2.30. The summed E-state index contributed by atoms with van der Waals surface area (Å²) < 4.78 is 0. The van der Waals surface area contributed by atoms with Gasteiger partial charge in [0.05, 0.1) is 5.75 Å². The predicted octanol–water partition coefficient (Wildman–Crippen LogP) is 6.42. The van der Waals surface area contributed by atoms with Gasteiger partial charge in [0.25, 0.3) is 5.91 Å². The van der Waals surface area contributed by atoms with E-state index in [-0.39, 0.29) is 17.2 Å². The summed E-state index contributed by atoms with van der Waals surface area (Å²) in [5.74, 6) is 0.490. The largest absolute Gasteiger partial charge is 0.326 e. The second-order valence-electron chi connectivity index (χ2n) is 8.47. The predicted molar refractivity (Wildman–Crippen MR) is 143 cm³/mol. The molecular formula is C30H26N2O2S. The van der Waals surface area contributed by atoms with E-state index in [1.807, 2.05) is 102 Å². The van der Waals surface area contributed by atoms with Gasteiger partial charge in [-0.25, -0.2) is 0 Å². The molecule has 1 heterocycles. The third kappa shape index (κ3) is 5.31. The molecule has 0 spiro atoms. The molecule has 2 amide bonds. The minimum absolute atomic E-state index is 0.0258. The first kappa shape index (κ1) is 22.9. The number of anilines is 1. The average Bonchev–Trinajstić information content (AvgIpc) is 3.29. The van der Waals surface area contributed by atoms with Gasteiger partial charge in [-0.3, -0.25) is 9.59 Å². The van der Waals surface area contributed by atoms with Crippen LogP contribution in [0.15, 0.2) is 109 Å². The van der Waals surface area contributed by atoms with Crippen LogP contribution in [-0.4, -0.2) is 29.0 Å². The number of rotatable bonds is 7. The Kier molecular flexibility index (Phi) is 6.96. The van der Waals surface area contributed by atoms with Gasteiger partial charge in [-0.1, -0.05) is 91.0 Å². The number of nitrogens with one attached hydrogen (secondary N) is 1. The first-order valence-corrected chi connectivity index (χ1v) is 12.7. The summed E-state index contributed by atoms with van der Waals surface area (Å²) in [6.07, 6.45) is 0.824. The van der Waals surface area contributed by atoms with Crippen molar-refractivity contribution in [1.29, 1.82) is 0 Å². The van der Waals surface area contributed by atoms with Gasteiger partial charge in [-0.2, -0.15) is 0 Å². The highest BCUT2D eigenvalue weighted by molar-refractivity contribution is 8.00. The fourth-order valence-electron chi connectivity index (χ4n) is 4.32. The molecule has 1 atom stereocenters. The highest BCUT2D eigenvalue weighted by atomic mass is 32.2. The molecule has 1 fully saturated rings. The van der Waals surface area contributed by atoms with Crippen molar-refractivity contribution < 1.29 is 9.59 Å². The summed E-state index contributed by atoms with van der Waals surface area (Å²) in [4.78, 5) is 27.5. The van der Waals surface area contributed by atoms with Gasteiger partial charge in [0, 0.05) is 23.4 Å². The van der Waals surface area contributed by atoms with E-state index in [0.29, 0.717) is 17.9 Å². The van der Waals surface area contributed by atoms with Crippen LogP contribution in [0.4, 0.5) is 5.69 Å². The Morgan fingerprint density at radius 1 is 0.829 bits per heavy atom. The Bertz CT molecular complexity index is 1310. The molecule has 0 saturated carbocycles. The molecule has 4 aromatic rings. The molecule has 0 aliphatic carbocycles. The second-order valence-corrected chi connectivity index (χ2v) is 9.54. The molecular weight excluding hydrogens is 452 g/mol. The number of amides is 2. The van der Waals surface area contributed by atoms with Crippen LogP contribution in [0.3, 0.4) is 0 Å². The Labute approximate surface area is 210 Å². The Hall–Kier alpha value is -3.83. The van der Waals surface area contributed by atoms with Crippen LogP contribution in [0.25, 0.3) is 11.1 Å². The lowest BCUT2D eigenvalue weighted by Gasteiger charge is -2.24. The fraction of sp³-hybridized carbons (Fsp3) is 0.133. The number of hydrogen-bond acceptors (Lipinski definition) is 3. The Morgan fingerprint density at radius 3 is 2.23 bits per heavy atom. The smallest absolute Gasteiger partial charge is 0.255 e. The highest BCUT2D eigenvalue weighted by Crippen LogP contribution is 2.38. The van der Waals surface area contributed by atoms with Gasteiger partial charge in [0.2, 0.25) is 5.91 Å². The minimum atomic E-state index is -0.156. The molecule has 1 N–H and O–H groups in total. The molecule has 1 aliphatic rings. The van der Waals surface area contributed by atoms with E-state index >= 15 is 0 Å². The minimum Gasteiger partial charge on any atom is -0.326 e. The van der Waals surface area contributed by atoms with Crippen LogP contribution in [0, 0.1) is 0 Å². The van der Waals surface area contributed by atoms with Crippen molar-refractivity contribution >= 4 is 29.3 Å². The SMILES string of the molecule is O=C(Nc1ccccc1-c1ccccc1)c1ccc([C@@H]2SCC(=O)N2CCc2ccccc2)cc1. The summed E-state index contributed by atoms with van der Waals surface area (Å²) in [5, 5.41) is 3.03. The first-order valence-electron chi connectivity index (χ1n) is 11.7. The zero-order chi connectivity index (χ0) is 24.0.